The molecule has 0 radical (unpaired) electrons. The number of halogens is 1. The number of benzene rings is 1. The summed E-state index contributed by atoms with van der Waals surface area (Å²) in [6.45, 7) is 6.65. The van der Waals surface area contributed by atoms with E-state index in [4.69, 9.17) is 0 Å². The Kier molecular flexibility index (Phi) is 3.59. The summed E-state index contributed by atoms with van der Waals surface area (Å²) < 4.78 is 3.54. The lowest BCUT2D eigenvalue weighted by Gasteiger charge is -2.19. The Labute approximate surface area is 111 Å². The molecule has 1 heterocycles. The minimum atomic E-state index is 0.364. The zero-order valence-corrected chi connectivity index (χ0v) is 12.4. The number of aromatic nitrogens is 1. The average molecular weight is 295 g/mol. The van der Waals surface area contributed by atoms with Gasteiger partial charge in [0.2, 0.25) is 0 Å². The maximum absolute atomic E-state index is 3.55. The van der Waals surface area contributed by atoms with Crippen molar-refractivity contribution in [1.82, 2.24) is 9.88 Å². The first kappa shape index (κ1) is 12.7. The molecule has 92 valence electrons. The van der Waals surface area contributed by atoms with Crippen LogP contribution in [0.15, 0.2) is 28.7 Å². The standard InChI is InChI=1S/C14H19BrN2/c1-9(2)17-13(10(3)16-4)7-11-5-6-12(15)8-14(11)17/h5-10,16H,1-4H3. The number of nitrogens with one attached hydrogen (secondary N) is 1. The Balaban J connectivity index is 2.71. The quantitative estimate of drug-likeness (QED) is 0.895. The van der Waals surface area contributed by atoms with Crippen molar-refractivity contribution in [1.29, 1.82) is 0 Å². The monoisotopic (exact) mass is 294 g/mol. The fourth-order valence-electron chi connectivity index (χ4n) is 2.27. The van der Waals surface area contributed by atoms with Crippen molar-refractivity contribution in [3.63, 3.8) is 0 Å². The van der Waals surface area contributed by atoms with Crippen LogP contribution in [0.2, 0.25) is 0 Å². The summed E-state index contributed by atoms with van der Waals surface area (Å²) in [5, 5.41) is 4.62. The fraction of sp³-hybridized carbons (Fsp3) is 0.429. The van der Waals surface area contributed by atoms with Crippen molar-refractivity contribution >= 4 is 26.8 Å². The Morgan fingerprint density at radius 1 is 1.18 bits per heavy atom. The normalized spacial score (nSPS) is 13.5. The minimum absolute atomic E-state index is 0.364. The van der Waals surface area contributed by atoms with Crippen LogP contribution >= 0.6 is 15.9 Å². The molecule has 2 rings (SSSR count). The molecule has 0 aliphatic rings. The third-order valence-corrected chi connectivity index (χ3v) is 3.72. The van der Waals surface area contributed by atoms with Crippen molar-refractivity contribution in [2.75, 3.05) is 7.05 Å². The largest absolute Gasteiger partial charge is 0.340 e. The molecule has 3 heteroatoms. The van der Waals surface area contributed by atoms with E-state index < -0.39 is 0 Å². The van der Waals surface area contributed by atoms with Gasteiger partial charge in [-0.05, 0) is 46.0 Å². The summed E-state index contributed by atoms with van der Waals surface area (Å²) in [4.78, 5) is 0. The second kappa shape index (κ2) is 4.83. The molecule has 1 atom stereocenters. The van der Waals surface area contributed by atoms with Crippen molar-refractivity contribution < 1.29 is 0 Å². The van der Waals surface area contributed by atoms with Gasteiger partial charge in [0.25, 0.3) is 0 Å². The highest BCUT2D eigenvalue weighted by atomic mass is 79.9. The number of fused-ring (bicyclic) bond motifs is 1. The van der Waals surface area contributed by atoms with Crippen LogP contribution in [-0.4, -0.2) is 11.6 Å². The molecule has 2 nitrogen and oxygen atoms in total. The summed E-state index contributed by atoms with van der Waals surface area (Å²) in [6.07, 6.45) is 0. The average Bonchev–Trinajstić information content (AvgIpc) is 2.66. The lowest BCUT2D eigenvalue weighted by Crippen LogP contribution is -2.17. The van der Waals surface area contributed by atoms with E-state index in [1.165, 1.54) is 16.6 Å². The molecule has 1 N–H and O–H groups in total. The van der Waals surface area contributed by atoms with Crippen molar-refractivity contribution in [2.24, 2.45) is 0 Å². The highest BCUT2D eigenvalue weighted by Gasteiger charge is 2.15. The Morgan fingerprint density at radius 3 is 2.47 bits per heavy atom. The lowest BCUT2D eigenvalue weighted by molar-refractivity contribution is 0.535. The van der Waals surface area contributed by atoms with Gasteiger partial charge in [-0.15, -0.1) is 0 Å². The predicted molar refractivity (Wildman–Crippen MR) is 77.5 cm³/mol. The first-order valence-electron chi connectivity index (χ1n) is 6.02. The molecule has 0 saturated heterocycles. The topological polar surface area (TPSA) is 17.0 Å². The van der Waals surface area contributed by atoms with Crippen molar-refractivity contribution in [2.45, 2.75) is 32.9 Å². The van der Waals surface area contributed by atoms with Gasteiger partial charge in [0, 0.05) is 33.2 Å². The molecular formula is C14H19BrN2. The van der Waals surface area contributed by atoms with Gasteiger partial charge >= 0.3 is 0 Å². The van der Waals surface area contributed by atoms with E-state index >= 15 is 0 Å². The second-order valence-electron chi connectivity index (χ2n) is 4.75. The fourth-order valence-corrected chi connectivity index (χ4v) is 2.62. The van der Waals surface area contributed by atoms with Gasteiger partial charge in [-0.3, -0.25) is 0 Å². The van der Waals surface area contributed by atoms with Gasteiger partial charge in [-0.2, -0.15) is 0 Å². The Morgan fingerprint density at radius 2 is 1.88 bits per heavy atom. The molecule has 17 heavy (non-hydrogen) atoms. The van der Waals surface area contributed by atoms with E-state index in [1.54, 1.807) is 0 Å². The molecule has 0 saturated carbocycles. The van der Waals surface area contributed by atoms with Gasteiger partial charge in [0.15, 0.2) is 0 Å². The summed E-state index contributed by atoms with van der Waals surface area (Å²) in [5.41, 5.74) is 2.64. The third-order valence-electron chi connectivity index (χ3n) is 3.23. The summed E-state index contributed by atoms with van der Waals surface area (Å²) >= 11 is 3.55. The first-order chi connectivity index (χ1) is 8.04. The molecular weight excluding hydrogens is 276 g/mol. The van der Waals surface area contributed by atoms with Crippen LogP contribution < -0.4 is 5.32 Å². The summed E-state index contributed by atoms with van der Waals surface area (Å²) in [7, 11) is 2.00. The maximum atomic E-state index is 3.55. The predicted octanol–water partition coefficient (Wildman–Crippen LogP) is 4.27. The van der Waals surface area contributed by atoms with E-state index in [1.807, 2.05) is 7.05 Å². The SMILES string of the molecule is CNC(C)c1cc2ccc(Br)cc2n1C(C)C. The molecule has 1 aromatic carbocycles. The lowest BCUT2D eigenvalue weighted by atomic mass is 10.2. The van der Waals surface area contributed by atoms with Gasteiger partial charge in [-0.1, -0.05) is 22.0 Å². The number of hydrogen-bond donors (Lipinski definition) is 1. The molecule has 0 spiro atoms. The Bertz CT molecular complexity index is 528. The van der Waals surface area contributed by atoms with Crippen LogP contribution in [0.1, 0.15) is 38.5 Å². The van der Waals surface area contributed by atoms with E-state index in [-0.39, 0.29) is 0 Å². The molecule has 0 amide bonds. The second-order valence-corrected chi connectivity index (χ2v) is 5.66. The molecule has 0 aliphatic carbocycles. The van der Waals surface area contributed by atoms with Crippen molar-refractivity contribution in [3.8, 4) is 0 Å². The van der Waals surface area contributed by atoms with Gasteiger partial charge in [0.05, 0.1) is 0 Å². The first-order valence-corrected chi connectivity index (χ1v) is 6.81. The number of nitrogens with zero attached hydrogens (tertiary/aromatic N) is 1. The molecule has 1 aromatic heterocycles. The van der Waals surface area contributed by atoms with Crippen LogP contribution in [0, 0.1) is 0 Å². The van der Waals surface area contributed by atoms with E-state index in [2.05, 4.69) is 70.9 Å². The van der Waals surface area contributed by atoms with Crippen LogP contribution in [0.25, 0.3) is 10.9 Å². The zero-order valence-electron chi connectivity index (χ0n) is 10.8. The van der Waals surface area contributed by atoms with Gasteiger partial charge < -0.3 is 9.88 Å². The number of rotatable bonds is 3. The van der Waals surface area contributed by atoms with Crippen LogP contribution in [0.4, 0.5) is 0 Å². The van der Waals surface area contributed by atoms with Crippen molar-refractivity contribution in [3.05, 3.63) is 34.4 Å². The van der Waals surface area contributed by atoms with E-state index in [9.17, 15) is 0 Å². The van der Waals surface area contributed by atoms with E-state index in [0.29, 0.717) is 12.1 Å². The van der Waals surface area contributed by atoms with Crippen LogP contribution in [0.3, 0.4) is 0 Å². The smallest absolute Gasteiger partial charge is 0.0496 e. The van der Waals surface area contributed by atoms with E-state index in [0.717, 1.165) is 4.47 Å². The number of hydrogen-bond acceptors (Lipinski definition) is 1. The molecule has 0 fully saturated rings. The van der Waals surface area contributed by atoms with Crippen LogP contribution in [0.5, 0.6) is 0 Å². The molecule has 1 unspecified atom stereocenters. The summed E-state index contributed by atoms with van der Waals surface area (Å²) in [5.74, 6) is 0. The molecule has 2 aromatic rings. The minimum Gasteiger partial charge on any atom is -0.340 e. The van der Waals surface area contributed by atoms with Crippen LogP contribution in [-0.2, 0) is 0 Å². The highest BCUT2D eigenvalue weighted by Crippen LogP contribution is 2.29. The molecule has 0 bridgehead atoms. The maximum Gasteiger partial charge on any atom is 0.0496 e. The summed E-state index contributed by atoms with van der Waals surface area (Å²) in [6, 6.07) is 9.57. The Hall–Kier alpha value is -0.800. The zero-order chi connectivity index (χ0) is 12.6. The van der Waals surface area contributed by atoms with Gasteiger partial charge in [-0.25, -0.2) is 0 Å². The molecule has 0 aliphatic heterocycles. The third kappa shape index (κ3) is 2.26. The highest BCUT2D eigenvalue weighted by molar-refractivity contribution is 9.10. The van der Waals surface area contributed by atoms with Gasteiger partial charge in [0.1, 0.15) is 0 Å².